The van der Waals surface area contributed by atoms with Gasteiger partial charge in [0.05, 0.1) is 9.26 Å². The number of aryl methyl sites for hydroxylation is 1. The van der Waals surface area contributed by atoms with Gasteiger partial charge in [0.1, 0.15) is 5.75 Å². The molecule has 2 aromatic carbocycles. The lowest BCUT2D eigenvalue weighted by molar-refractivity contribution is 0.470. The smallest absolute Gasteiger partial charge is 0.137 e. The normalized spacial score (nSPS) is 11.2. The predicted molar refractivity (Wildman–Crippen MR) is 94.7 cm³/mol. The van der Waals surface area contributed by atoms with Crippen LogP contribution in [0.3, 0.4) is 0 Å². The molecule has 2 aromatic rings. The van der Waals surface area contributed by atoms with Crippen LogP contribution in [0, 0.1) is 10.5 Å². The van der Waals surface area contributed by atoms with Gasteiger partial charge in [-0.2, -0.15) is 0 Å². The molecule has 0 aliphatic rings. The number of aromatic hydroxyl groups is 1. The molecule has 1 N–H and O–H groups in total. The molecule has 0 saturated heterocycles. The predicted octanol–water partition coefficient (Wildman–Crippen LogP) is 5.58. The quantitative estimate of drug-likeness (QED) is 0.429. The summed E-state index contributed by atoms with van der Waals surface area (Å²) in [4.78, 5) is 4.43. The van der Waals surface area contributed by atoms with Gasteiger partial charge in [0.15, 0.2) is 0 Å². The maximum absolute atomic E-state index is 9.99. The molecule has 0 spiro atoms. The van der Waals surface area contributed by atoms with Gasteiger partial charge in [-0.05, 0) is 65.4 Å². The first-order valence-corrected chi connectivity index (χ1v) is 8.12. The van der Waals surface area contributed by atoms with Gasteiger partial charge in [-0.25, -0.2) is 0 Å². The maximum Gasteiger partial charge on any atom is 0.137 e. The van der Waals surface area contributed by atoms with Crippen molar-refractivity contribution in [2.45, 2.75) is 6.92 Å². The Kier molecular flexibility index (Phi) is 5.03. The van der Waals surface area contributed by atoms with Crippen molar-refractivity contribution in [1.82, 2.24) is 0 Å². The van der Waals surface area contributed by atoms with Gasteiger partial charge in [-0.1, -0.05) is 31.9 Å². The van der Waals surface area contributed by atoms with Crippen LogP contribution in [-0.2, 0) is 0 Å². The van der Waals surface area contributed by atoms with Gasteiger partial charge < -0.3 is 5.11 Å². The second-order valence-electron chi connectivity index (χ2n) is 4.01. The van der Waals surface area contributed by atoms with E-state index in [1.54, 1.807) is 6.21 Å². The number of halogens is 3. The molecule has 0 heterocycles. The summed E-state index contributed by atoms with van der Waals surface area (Å²) in [6.45, 7) is 2.00. The zero-order valence-electron chi connectivity index (χ0n) is 9.99. The lowest BCUT2D eigenvalue weighted by atomic mass is 10.2. The zero-order chi connectivity index (χ0) is 14.0. The van der Waals surface area contributed by atoms with Crippen LogP contribution >= 0.6 is 54.5 Å². The van der Waals surface area contributed by atoms with Crippen molar-refractivity contribution >= 4 is 66.4 Å². The third kappa shape index (κ3) is 3.79. The van der Waals surface area contributed by atoms with Gasteiger partial charge in [0, 0.05) is 20.7 Å². The second kappa shape index (κ2) is 6.37. The second-order valence-corrected chi connectivity index (χ2v) is 7.01. The molecule has 19 heavy (non-hydrogen) atoms. The highest BCUT2D eigenvalue weighted by Crippen LogP contribution is 2.28. The van der Waals surface area contributed by atoms with E-state index in [2.05, 4.69) is 59.4 Å². The summed E-state index contributed by atoms with van der Waals surface area (Å²) in [5, 5.41) is 9.99. The van der Waals surface area contributed by atoms with Crippen molar-refractivity contribution in [3.8, 4) is 5.75 Å². The third-order valence-corrected chi connectivity index (χ3v) is 4.33. The first-order valence-electron chi connectivity index (χ1n) is 5.45. The highest BCUT2D eigenvalue weighted by atomic mass is 127. The molecule has 0 amide bonds. The minimum absolute atomic E-state index is 0.252. The SMILES string of the molecule is Cc1cc(Br)ccc1N=Cc1cc(Br)cc(I)c1O. The van der Waals surface area contributed by atoms with E-state index in [9.17, 15) is 5.11 Å². The average molecular weight is 495 g/mol. The van der Waals surface area contributed by atoms with Crippen LogP contribution in [0.2, 0.25) is 0 Å². The summed E-state index contributed by atoms with van der Waals surface area (Å²) in [6.07, 6.45) is 1.68. The minimum Gasteiger partial charge on any atom is -0.506 e. The Labute approximate surface area is 142 Å². The maximum atomic E-state index is 9.99. The average Bonchev–Trinajstić information content (AvgIpc) is 2.33. The minimum atomic E-state index is 0.252. The molecule has 0 aromatic heterocycles. The van der Waals surface area contributed by atoms with Crippen molar-refractivity contribution in [3.05, 3.63) is 54.0 Å². The van der Waals surface area contributed by atoms with Crippen LogP contribution in [0.25, 0.3) is 0 Å². The van der Waals surface area contributed by atoms with Crippen LogP contribution in [0.15, 0.2) is 44.3 Å². The fourth-order valence-corrected chi connectivity index (χ4v) is 3.61. The Morgan fingerprint density at radius 2 is 1.89 bits per heavy atom. The Hall–Kier alpha value is -0.400. The molecule has 0 radical (unpaired) electrons. The fourth-order valence-electron chi connectivity index (χ4n) is 1.59. The summed E-state index contributed by atoms with van der Waals surface area (Å²) in [5.41, 5.74) is 2.66. The molecule has 2 rings (SSSR count). The first kappa shape index (κ1) is 15.0. The van der Waals surface area contributed by atoms with Gasteiger partial charge in [0.2, 0.25) is 0 Å². The van der Waals surface area contributed by atoms with Gasteiger partial charge in [0.25, 0.3) is 0 Å². The van der Waals surface area contributed by atoms with E-state index in [0.29, 0.717) is 5.56 Å². The largest absolute Gasteiger partial charge is 0.506 e. The molecule has 0 bridgehead atoms. The molecule has 0 aliphatic carbocycles. The Balaban J connectivity index is 2.38. The molecule has 0 aliphatic heterocycles. The van der Waals surface area contributed by atoms with E-state index in [4.69, 9.17) is 0 Å². The highest BCUT2D eigenvalue weighted by Gasteiger charge is 2.05. The van der Waals surface area contributed by atoms with E-state index < -0.39 is 0 Å². The van der Waals surface area contributed by atoms with E-state index >= 15 is 0 Å². The van der Waals surface area contributed by atoms with E-state index in [1.807, 2.05) is 37.3 Å². The molecule has 0 unspecified atom stereocenters. The van der Waals surface area contributed by atoms with Crippen LogP contribution in [0.1, 0.15) is 11.1 Å². The number of rotatable bonds is 2. The molecule has 0 saturated carbocycles. The topological polar surface area (TPSA) is 32.6 Å². The molecule has 5 heteroatoms. The van der Waals surface area contributed by atoms with Crippen LogP contribution < -0.4 is 0 Å². The van der Waals surface area contributed by atoms with Crippen molar-refractivity contribution < 1.29 is 5.11 Å². The van der Waals surface area contributed by atoms with Crippen LogP contribution in [-0.4, -0.2) is 11.3 Å². The number of benzene rings is 2. The number of hydrogen-bond acceptors (Lipinski definition) is 2. The molecule has 0 atom stereocenters. The number of hydrogen-bond donors (Lipinski definition) is 1. The molecule has 2 nitrogen and oxygen atoms in total. The summed E-state index contributed by atoms with van der Waals surface area (Å²) in [7, 11) is 0. The van der Waals surface area contributed by atoms with Crippen molar-refractivity contribution in [1.29, 1.82) is 0 Å². The van der Waals surface area contributed by atoms with Gasteiger partial charge in [-0.15, -0.1) is 0 Å². The molecule has 0 fully saturated rings. The van der Waals surface area contributed by atoms with E-state index in [1.165, 1.54) is 0 Å². The third-order valence-electron chi connectivity index (χ3n) is 2.56. The standard InChI is InChI=1S/C14H10Br2INO/c1-8-4-10(15)2-3-13(8)18-7-9-5-11(16)6-12(17)14(9)19/h2-7,19H,1H3. The lowest BCUT2D eigenvalue weighted by Crippen LogP contribution is -1.86. The highest BCUT2D eigenvalue weighted by molar-refractivity contribution is 14.1. The summed E-state index contributed by atoms with van der Waals surface area (Å²) in [6, 6.07) is 9.60. The van der Waals surface area contributed by atoms with Crippen LogP contribution in [0.4, 0.5) is 5.69 Å². The first-order chi connectivity index (χ1) is 8.97. The fraction of sp³-hybridized carbons (Fsp3) is 0.0714. The monoisotopic (exact) mass is 493 g/mol. The number of aliphatic imine (C=N–C) groups is 1. The van der Waals surface area contributed by atoms with Gasteiger partial charge >= 0.3 is 0 Å². The molecular weight excluding hydrogens is 485 g/mol. The number of phenolic OH excluding ortho intramolecular Hbond substituents is 1. The Morgan fingerprint density at radius 1 is 1.16 bits per heavy atom. The van der Waals surface area contributed by atoms with E-state index in [-0.39, 0.29) is 5.75 Å². The Morgan fingerprint density at radius 3 is 2.58 bits per heavy atom. The Bertz CT molecular complexity index is 656. The van der Waals surface area contributed by atoms with Crippen molar-refractivity contribution in [2.75, 3.05) is 0 Å². The zero-order valence-corrected chi connectivity index (χ0v) is 15.3. The van der Waals surface area contributed by atoms with Gasteiger partial charge in [-0.3, -0.25) is 4.99 Å². The summed E-state index contributed by atoms with van der Waals surface area (Å²) >= 11 is 8.93. The van der Waals surface area contributed by atoms with Crippen molar-refractivity contribution in [3.63, 3.8) is 0 Å². The number of nitrogens with zero attached hydrogens (tertiary/aromatic N) is 1. The van der Waals surface area contributed by atoms with E-state index in [0.717, 1.165) is 23.8 Å². The summed E-state index contributed by atoms with van der Waals surface area (Å²) < 4.78 is 2.74. The molecule has 98 valence electrons. The number of phenols is 1. The van der Waals surface area contributed by atoms with Crippen LogP contribution in [0.5, 0.6) is 5.75 Å². The lowest BCUT2D eigenvalue weighted by Gasteiger charge is -2.04. The summed E-state index contributed by atoms with van der Waals surface area (Å²) in [5.74, 6) is 0.252. The molecular formula is C14H10Br2INO. The van der Waals surface area contributed by atoms with Crippen molar-refractivity contribution in [2.24, 2.45) is 4.99 Å².